The fraction of sp³-hybridized carbons (Fsp3) is 0.208. The molecule has 1 aliphatic heterocycles. The third kappa shape index (κ3) is 4.00. The van der Waals surface area contributed by atoms with Crippen molar-refractivity contribution in [2.75, 3.05) is 38.2 Å². The number of amides is 1. The number of hydrogen-bond donors (Lipinski definition) is 0. The van der Waals surface area contributed by atoms with Gasteiger partial charge in [-0.15, -0.1) is 10.2 Å². The molecule has 0 bridgehead atoms. The SMILES string of the molecule is COc1cccc2cc(C(=O)N3CCN(c4ccc(-c5ccccn5)nn4)CC3)c(=O)oc12. The van der Waals surface area contributed by atoms with Crippen LogP contribution >= 0.6 is 0 Å². The maximum absolute atomic E-state index is 13.0. The van der Waals surface area contributed by atoms with Crippen molar-refractivity contribution in [3.8, 4) is 17.1 Å². The Morgan fingerprint density at radius 3 is 2.52 bits per heavy atom. The Hall–Kier alpha value is -4.27. The van der Waals surface area contributed by atoms with E-state index < -0.39 is 5.63 Å². The molecule has 4 heterocycles. The summed E-state index contributed by atoms with van der Waals surface area (Å²) in [5, 5.41) is 9.25. The number of nitrogens with zero attached hydrogens (tertiary/aromatic N) is 5. The lowest BCUT2D eigenvalue weighted by Gasteiger charge is -2.35. The van der Waals surface area contributed by atoms with Crippen LogP contribution in [-0.4, -0.2) is 59.3 Å². The maximum atomic E-state index is 13.0. The summed E-state index contributed by atoms with van der Waals surface area (Å²) in [7, 11) is 1.50. The lowest BCUT2D eigenvalue weighted by Crippen LogP contribution is -2.49. The first-order chi connectivity index (χ1) is 16.1. The summed E-state index contributed by atoms with van der Waals surface area (Å²) < 4.78 is 10.6. The van der Waals surface area contributed by atoms with Gasteiger partial charge in [0.2, 0.25) is 0 Å². The third-order valence-corrected chi connectivity index (χ3v) is 5.64. The molecule has 1 aromatic carbocycles. The molecule has 0 radical (unpaired) electrons. The van der Waals surface area contributed by atoms with E-state index in [4.69, 9.17) is 9.15 Å². The van der Waals surface area contributed by atoms with E-state index in [1.54, 1.807) is 35.4 Å². The molecule has 0 unspecified atom stereocenters. The molecular weight excluding hydrogens is 422 g/mol. The van der Waals surface area contributed by atoms with Crippen molar-refractivity contribution in [3.05, 3.63) is 76.8 Å². The van der Waals surface area contributed by atoms with Crippen molar-refractivity contribution in [3.63, 3.8) is 0 Å². The van der Waals surface area contributed by atoms with Gasteiger partial charge in [0.05, 0.1) is 12.8 Å². The number of carbonyl (C=O) groups excluding carboxylic acids is 1. The van der Waals surface area contributed by atoms with Gasteiger partial charge >= 0.3 is 5.63 Å². The van der Waals surface area contributed by atoms with Crippen LogP contribution < -0.4 is 15.3 Å². The molecule has 1 saturated heterocycles. The Labute approximate surface area is 189 Å². The highest BCUT2D eigenvalue weighted by Crippen LogP contribution is 2.25. The predicted molar refractivity (Wildman–Crippen MR) is 122 cm³/mol. The molecule has 33 heavy (non-hydrogen) atoms. The van der Waals surface area contributed by atoms with Crippen molar-refractivity contribution >= 4 is 22.7 Å². The minimum Gasteiger partial charge on any atom is -0.493 e. The summed E-state index contributed by atoms with van der Waals surface area (Å²) >= 11 is 0. The quantitative estimate of drug-likeness (QED) is 0.444. The lowest BCUT2D eigenvalue weighted by molar-refractivity contribution is 0.0742. The second-order valence-corrected chi connectivity index (χ2v) is 7.60. The molecule has 9 nitrogen and oxygen atoms in total. The maximum Gasteiger partial charge on any atom is 0.349 e. The number of carbonyl (C=O) groups is 1. The summed E-state index contributed by atoms with van der Waals surface area (Å²) in [6.07, 6.45) is 1.72. The summed E-state index contributed by atoms with van der Waals surface area (Å²) in [6, 6.07) is 16.3. The highest BCUT2D eigenvalue weighted by molar-refractivity contribution is 5.97. The Morgan fingerprint density at radius 1 is 0.970 bits per heavy atom. The van der Waals surface area contributed by atoms with Crippen molar-refractivity contribution in [2.24, 2.45) is 0 Å². The number of hydrogen-bond acceptors (Lipinski definition) is 8. The van der Waals surface area contributed by atoms with Gasteiger partial charge in [0.25, 0.3) is 5.91 Å². The number of benzene rings is 1. The number of piperazine rings is 1. The van der Waals surface area contributed by atoms with E-state index in [2.05, 4.69) is 20.1 Å². The van der Waals surface area contributed by atoms with Crippen molar-refractivity contribution < 1.29 is 13.9 Å². The molecule has 5 rings (SSSR count). The molecule has 1 fully saturated rings. The first-order valence-corrected chi connectivity index (χ1v) is 10.5. The number of para-hydroxylation sites is 1. The van der Waals surface area contributed by atoms with E-state index in [1.807, 2.05) is 30.3 Å². The van der Waals surface area contributed by atoms with Crippen LogP contribution in [0.15, 0.2) is 70.0 Å². The van der Waals surface area contributed by atoms with Crippen LogP contribution in [0.4, 0.5) is 5.82 Å². The molecule has 3 aromatic heterocycles. The van der Waals surface area contributed by atoms with Gasteiger partial charge in [0, 0.05) is 37.8 Å². The topological polar surface area (TPSA) is 102 Å². The summed E-state index contributed by atoms with van der Waals surface area (Å²) in [4.78, 5) is 33.6. The molecule has 9 heteroatoms. The highest BCUT2D eigenvalue weighted by Gasteiger charge is 2.26. The van der Waals surface area contributed by atoms with E-state index in [0.29, 0.717) is 48.6 Å². The van der Waals surface area contributed by atoms with Gasteiger partial charge in [-0.1, -0.05) is 18.2 Å². The summed E-state index contributed by atoms with van der Waals surface area (Å²) in [5.74, 6) is 0.844. The van der Waals surface area contributed by atoms with Crippen LogP contribution in [0.3, 0.4) is 0 Å². The standard InChI is InChI=1S/C24H21N5O4/c1-32-20-7-4-5-16-15-17(24(31)33-22(16)20)23(30)29-13-11-28(12-14-29)21-9-8-19(26-27-21)18-6-2-3-10-25-18/h2-10,15H,11-14H2,1H3. The Kier molecular flexibility index (Phi) is 5.43. The third-order valence-electron chi connectivity index (χ3n) is 5.64. The minimum atomic E-state index is -0.671. The Balaban J connectivity index is 1.29. The number of anilines is 1. The average Bonchev–Trinajstić information content (AvgIpc) is 2.88. The van der Waals surface area contributed by atoms with Crippen LogP contribution in [0.2, 0.25) is 0 Å². The van der Waals surface area contributed by atoms with Gasteiger partial charge in [-0.25, -0.2) is 4.79 Å². The molecule has 0 atom stereocenters. The molecule has 4 aromatic rings. The van der Waals surface area contributed by atoms with Gasteiger partial charge in [-0.3, -0.25) is 9.78 Å². The van der Waals surface area contributed by atoms with Gasteiger partial charge < -0.3 is 19.0 Å². The first kappa shape index (κ1) is 20.6. The number of aromatic nitrogens is 3. The van der Waals surface area contributed by atoms with Gasteiger partial charge in [0.1, 0.15) is 11.3 Å². The Bertz CT molecular complexity index is 1350. The number of pyridine rings is 1. The van der Waals surface area contributed by atoms with E-state index in [1.165, 1.54) is 7.11 Å². The van der Waals surface area contributed by atoms with Crippen LogP contribution in [-0.2, 0) is 0 Å². The largest absolute Gasteiger partial charge is 0.493 e. The molecule has 1 amide bonds. The second-order valence-electron chi connectivity index (χ2n) is 7.60. The van der Waals surface area contributed by atoms with Crippen LogP contribution in [0, 0.1) is 0 Å². The minimum absolute atomic E-state index is 0.0173. The molecule has 0 N–H and O–H groups in total. The number of methoxy groups -OCH3 is 1. The summed E-state index contributed by atoms with van der Waals surface area (Å²) in [6.45, 7) is 2.07. The lowest BCUT2D eigenvalue weighted by atomic mass is 10.1. The van der Waals surface area contributed by atoms with E-state index in [9.17, 15) is 9.59 Å². The highest BCUT2D eigenvalue weighted by atomic mass is 16.5. The normalized spacial score (nSPS) is 13.8. The van der Waals surface area contributed by atoms with Crippen molar-refractivity contribution in [1.29, 1.82) is 0 Å². The molecular formula is C24H21N5O4. The molecule has 166 valence electrons. The predicted octanol–water partition coefficient (Wildman–Crippen LogP) is 2.62. The van der Waals surface area contributed by atoms with Gasteiger partial charge in [-0.2, -0.15) is 0 Å². The molecule has 1 aliphatic rings. The van der Waals surface area contributed by atoms with E-state index in [0.717, 1.165) is 11.5 Å². The molecule has 0 saturated carbocycles. The fourth-order valence-corrected chi connectivity index (χ4v) is 3.88. The van der Waals surface area contributed by atoms with Crippen molar-refractivity contribution in [1.82, 2.24) is 20.1 Å². The zero-order chi connectivity index (χ0) is 22.8. The zero-order valence-corrected chi connectivity index (χ0v) is 18.0. The fourth-order valence-electron chi connectivity index (χ4n) is 3.88. The Morgan fingerprint density at radius 2 is 1.82 bits per heavy atom. The number of ether oxygens (including phenoxy) is 1. The van der Waals surface area contributed by atoms with E-state index >= 15 is 0 Å². The van der Waals surface area contributed by atoms with Gasteiger partial charge in [-0.05, 0) is 36.4 Å². The summed E-state index contributed by atoms with van der Waals surface area (Å²) in [5.41, 5.74) is 1.14. The first-order valence-electron chi connectivity index (χ1n) is 10.5. The average molecular weight is 443 g/mol. The van der Waals surface area contributed by atoms with Crippen molar-refractivity contribution in [2.45, 2.75) is 0 Å². The zero-order valence-electron chi connectivity index (χ0n) is 18.0. The molecule has 0 aliphatic carbocycles. The van der Waals surface area contributed by atoms with Crippen LogP contribution in [0.5, 0.6) is 5.75 Å². The second kappa shape index (κ2) is 8.70. The monoisotopic (exact) mass is 443 g/mol. The number of rotatable bonds is 4. The van der Waals surface area contributed by atoms with Crippen LogP contribution in [0.1, 0.15) is 10.4 Å². The van der Waals surface area contributed by atoms with Gasteiger partial charge in [0.15, 0.2) is 17.2 Å². The van der Waals surface area contributed by atoms with Crippen LogP contribution in [0.25, 0.3) is 22.4 Å². The van der Waals surface area contributed by atoms with E-state index in [-0.39, 0.29) is 11.5 Å². The number of fused-ring (bicyclic) bond motifs is 1. The molecule has 0 spiro atoms. The smallest absolute Gasteiger partial charge is 0.349 e.